The second kappa shape index (κ2) is 2.88. The zero-order valence-corrected chi connectivity index (χ0v) is 7.40. The van der Waals surface area contributed by atoms with Crippen LogP contribution in [0.3, 0.4) is 0 Å². The molecule has 0 fully saturated rings. The van der Waals surface area contributed by atoms with Gasteiger partial charge in [-0.15, -0.1) is 0 Å². The Morgan fingerprint density at radius 3 is 1.90 bits per heavy atom. The van der Waals surface area contributed by atoms with E-state index in [1.165, 1.54) is 13.8 Å². The van der Waals surface area contributed by atoms with Crippen LogP contribution < -0.4 is 0 Å². The molecule has 0 saturated heterocycles. The van der Waals surface area contributed by atoms with Crippen molar-refractivity contribution in [2.45, 2.75) is 32.1 Å². The summed E-state index contributed by atoms with van der Waals surface area (Å²) in [7, 11) is -3.29. The van der Waals surface area contributed by atoms with Crippen LogP contribution >= 0.6 is 0 Å². The Kier molecular flexibility index (Phi) is 2.86. The van der Waals surface area contributed by atoms with Crippen LogP contribution in [0, 0.1) is 0 Å². The lowest BCUT2D eigenvalue weighted by atomic mass is 10.5. The van der Waals surface area contributed by atoms with E-state index in [2.05, 4.69) is 0 Å². The van der Waals surface area contributed by atoms with E-state index < -0.39 is 14.8 Å². The summed E-state index contributed by atoms with van der Waals surface area (Å²) in [5.74, 6) is 0.0521. The Morgan fingerprint density at radius 1 is 1.40 bits per heavy atom. The summed E-state index contributed by atoms with van der Waals surface area (Å²) in [5, 5.41) is 9.09. The SMILES string of the molecule is CCCS(=O)(=O)C(C)(C)O. The van der Waals surface area contributed by atoms with Crippen molar-refractivity contribution in [3.8, 4) is 0 Å². The minimum Gasteiger partial charge on any atom is -0.375 e. The first-order valence-corrected chi connectivity index (χ1v) is 4.91. The van der Waals surface area contributed by atoms with Crippen molar-refractivity contribution in [2.75, 3.05) is 5.75 Å². The molecule has 0 atom stereocenters. The molecule has 0 amide bonds. The van der Waals surface area contributed by atoms with Crippen LogP contribution in [0.25, 0.3) is 0 Å². The van der Waals surface area contributed by atoms with Crippen LogP contribution in [-0.2, 0) is 9.84 Å². The predicted molar refractivity (Wildman–Crippen MR) is 40.4 cm³/mol. The van der Waals surface area contributed by atoms with E-state index in [-0.39, 0.29) is 5.75 Å². The fourth-order valence-electron chi connectivity index (χ4n) is 0.518. The van der Waals surface area contributed by atoms with Crippen molar-refractivity contribution in [3.63, 3.8) is 0 Å². The number of aliphatic hydroxyl groups is 1. The lowest BCUT2D eigenvalue weighted by Crippen LogP contribution is -2.33. The fraction of sp³-hybridized carbons (Fsp3) is 1.00. The predicted octanol–water partition coefficient (Wildman–Crippen LogP) is 0.540. The molecule has 0 saturated carbocycles. The Hall–Kier alpha value is -0.0900. The first kappa shape index (κ1) is 9.91. The molecule has 0 aliphatic heterocycles. The van der Waals surface area contributed by atoms with Gasteiger partial charge in [0.15, 0.2) is 14.8 Å². The highest BCUT2D eigenvalue weighted by Gasteiger charge is 2.29. The summed E-state index contributed by atoms with van der Waals surface area (Å²) in [6, 6.07) is 0. The maximum atomic E-state index is 11.0. The van der Waals surface area contributed by atoms with Gasteiger partial charge >= 0.3 is 0 Å². The van der Waals surface area contributed by atoms with Gasteiger partial charge in [0, 0.05) is 0 Å². The van der Waals surface area contributed by atoms with Gasteiger partial charge in [0.05, 0.1) is 5.75 Å². The van der Waals surface area contributed by atoms with Crippen molar-refractivity contribution in [1.29, 1.82) is 0 Å². The van der Waals surface area contributed by atoms with Gasteiger partial charge in [-0.1, -0.05) is 6.92 Å². The monoisotopic (exact) mass is 166 g/mol. The molecule has 0 bridgehead atoms. The molecular formula is C6H14O3S. The molecule has 1 N–H and O–H groups in total. The Bertz CT molecular complexity index is 186. The van der Waals surface area contributed by atoms with E-state index in [1.54, 1.807) is 6.92 Å². The van der Waals surface area contributed by atoms with Gasteiger partial charge in [0.25, 0.3) is 0 Å². The van der Waals surface area contributed by atoms with Gasteiger partial charge in [0.1, 0.15) is 0 Å². The average Bonchev–Trinajstić information content (AvgIpc) is 1.61. The topological polar surface area (TPSA) is 54.4 Å². The minimum absolute atomic E-state index is 0.0521. The van der Waals surface area contributed by atoms with E-state index in [1.807, 2.05) is 0 Å². The molecule has 4 heteroatoms. The quantitative estimate of drug-likeness (QED) is 0.665. The molecule has 0 aliphatic rings. The largest absolute Gasteiger partial charge is 0.375 e. The highest BCUT2D eigenvalue weighted by atomic mass is 32.2. The van der Waals surface area contributed by atoms with Crippen LogP contribution in [0.5, 0.6) is 0 Å². The second-order valence-electron chi connectivity index (χ2n) is 2.77. The average molecular weight is 166 g/mol. The Morgan fingerprint density at radius 2 is 1.80 bits per heavy atom. The first-order chi connectivity index (χ1) is 4.31. The lowest BCUT2D eigenvalue weighted by Gasteiger charge is -2.16. The molecule has 3 nitrogen and oxygen atoms in total. The van der Waals surface area contributed by atoms with Crippen molar-refractivity contribution in [2.24, 2.45) is 0 Å². The molecule has 0 aromatic heterocycles. The van der Waals surface area contributed by atoms with Crippen LogP contribution in [-0.4, -0.2) is 24.2 Å². The molecule has 0 aromatic rings. The van der Waals surface area contributed by atoms with Crippen molar-refractivity contribution in [3.05, 3.63) is 0 Å². The molecule has 0 aromatic carbocycles. The van der Waals surface area contributed by atoms with Crippen molar-refractivity contribution < 1.29 is 13.5 Å². The summed E-state index contributed by atoms with van der Waals surface area (Å²) in [6.07, 6.45) is 0.548. The number of sulfone groups is 1. The Balaban J connectivity index is 4.44. The molecule has 0 rings (SSSR count). The lowest BCUT2D eigenvalue weighted by molar-refractivity contribution is 0.165. The number of hydrogen-bond acceptors (Lipinski definition) is 3. The van der Waals surface area contributed by atoms with Crippen LogP contribution in [0.2, 0.25) is 0 Å². The van der Waals surface area contributed by atoms with Gasteiger partial charge in [-0.05, 0) is 20.3 Å². The molecule has 0 heterocycles. The Labute approximate surface area is 62.0 Å². The van der Waals surface area contributed by atoms with E-state index in [4.69, 9.17) is 5.11 Å². The third-order valence-electron chi connectivity index (χ3n) is 1.23. The second-order valence-corrected chi connectivity index (χ2v) is 5.40. The number of rotatable bonds is 3. The van der Waals surface area contributed by atoms with E-state index in [0.717, 1.165) is 0 Å². The highest BCUT2D eigenvalue weighted by molar-refractivity contribution is 7.92. The van der Waals surface area contributed by atoms with Gasteiger partial charge in [-0.2, -0.15) is 0 Å². The van der Waals surface area contributed by atoms with Crippen molar-refractivity contribution in [1.82, 2.24) is 0 Å². The van der Waals surface area contributed by atoms with Crippen LogP contribution in [0.4, 0.5) is 0 Å². The van der Waals surface area contributed by atoms with Crippen LogP contribution in [0.15, 0.2) is 0 Å². The summed E-state index contributed by atoms with van der Waals surface area (Å²) >= 11 is 0. The van der Waals surface area contributed by atoms with Gasteiger partial charge < -0.3 is 5.11 Å². The van der Waals surface area contributed by atoms with Gasteiger partial charge in [-0.3, -0.25) is 0 Å². The molecule has 62 valence electrons. The van der Waals surface area contributed by atoms with Crippen molar-refractivity contribution >= 4 is 9.84 Å². The summed E-state index contributed by atoms with van der Waals surface area (Å²) in [4.78, 5) is -1.58. The zero-order valence-electron chi connectivity index (χ0n) is 6.59. The smallest absolute Gasteiger partial charge is 0.179 e. The minimum atomic E-state index is -3.29. The molecule has 0 aliphatic carbocycles. The maximum Gasteiger partial charge on any atom is 0.179 e. The van der Waals surface area contributed by atoms with E-state index in [0.29, 0.717) is 6.42 Å². The molecular weight excluding hydrogens is 152 g/mol. The maximum absolute atomic E-state index is 11.0. The number of hydrogen-bond donors (Lipinski definition) is 1. The summed E-state index contributed by atoms with van der Waals surface area (Å²) in [5.41, 5.74) is 0. The van der Waals surface area contributed by atoms with Gasteiger partial charge in [-0.25, -0.2) is 8.42 Å². The standard InChI is InChI=1S/C6H14O3S/c1-4-5-10(8,9)6(2,3)7/h7H,4-5H2,1-3H3. The van der Waals surface area contributed by atoms with E-state index in [9.17, 15) is 8.42 Å². The van der Waals surface area contributed by atoms with Gasteiger partial charge in [0.2, 0.25) is 0 Å². The third kappa shape index (κ3) is 2.27. The van der Waals surface area contributed by atoms with E-state index >= 15 is 0 Å². The zero-order chi connectivity index (χ0) is 8.41. The molecule has 0 radical (unpaired) electrons. The normalized spacial score (nSPS) is 13.6. The molecule has 0 spiro atoms. The highest BCUT2D eigenvalue weighted by Crippen LogP contribution is 2.13. The molecule has 10 heavy (non-hydrogen) atoms. The first-order valence-electron chi connectivity index (χ1n) is 3.26. The molecule has 0 unspecified atom stereocenters. The fourth-order valence-corrected chi connectivity index (χ4v) is 1.56. The summed E-state index contributed by atoms with van der Waals surface area (Å²) < 4.78 is 22.0. The van der Waals surface area contributed by atoms with Crippen LogP contribution in [0.1, 0.15) is 27.2 Å². The third-order valence-corrected chi connectivity index (χ3v) is 3.70. The summed E-state index contributed by atoms with van der Waals surface area (Å²) in [6.45, 7) is 4.35.